The molecule has 0 saturated carbocycles. The van der Waals surface area contributed by atoms with Gasteiger partial charge >= 0.3 is 0 Å². The van der Waals surface area contributed by atoms with Gasteiger partial charge in [-0.3, -0.25) is 0 Å². The predicted octanol–water partition coefficient (Wildman–Crippen LogP) is 6.82. The average Bonchev–Trinajstić information content (AvgIpc) is 2.72. The Morgan fingerprint density at radius 2 is 1.61 bits per heavy atom. The fourth-order valence-corrected chi connectivity index (χ4v) is 3.38. The van der Waals surface area contributed by atoms with Gasteiger partial charge in [0.25, 0.3) is 0 Å². The minimum absolute atomic E-state index is 0.282. The highest BCUT2D eigenvalue weighted by Gasteiger charge is 2.07. The van der Waals surface area contributed by atoms with Crippen LogP contribution in [0.3, 0.4) is 0 Å². The predicted molar refractivity (Wildman–Crippen MR) is 113 cm³/mol. The maximum absolute atomic E-state index is 13.2. The van der Waals surface area contributed by atoms with Crippen LogP contribution in [0.25, 0.3) is 10.8 Å². The van der Waals surface area contributed by atoms with Crippen molar-refractivity contribution >= 4 is 28.1 Å². The van der Waals surface area contributed by atoms with E-state index in [2.05, 4.69) is 29.6 Å². The van der Waals surface area contributed by atoms with E-state index in [0.29, 0.717) is 11.6 Å². The van der Waals surface area contributed by atoms with E-state index in [9.17, 15) is 4.39 Å². The van der Waals surface area contributed by atoms with Crippen LogP contribution in [0.1, 0.15) is 11.1 Å². The highest BCUT2D eigenvalue weighted by Crippen LogP contribution is 2.26. The molecule has 0 radical (unpaired) electrons. The molecule has 4 heteroatoms. The Morgan fingerprint density at radius 1 is 0.821 bits per heavy atom. The first-order chi connectivity index (χ1) is 13.7. The van der Waals surface area contributed by atoms with Crippen molar-refractivity contribution in [1.29, 1.82) is 0 Å². The second kappa shape index (κ2) is 8.32. The minimum Gasteiger partial charge on any atom is -0.488 e. The second-order valence-corrected chi connectivity index (χ2v) is 6.92. The van der Waals surface area contributed by atoms with Crippen molar-refractivity contribution in [2.45, 2.75) is 13.2 Å². The molecule has 4 aromatic rings. The summed E-state index contributed by atoms with van der Waals surface area (Å²) in [5.41, 5.74) is 2.86. The summed E-state index contributed by atoms with van der Waals surface area (Å²) in [5, 5.41) is 6.25. The Balaban J connectivity index is 1.50. The summed E-state index contributed by atoms with van der Waals surface area (Å²) in [5.74, 6) is 0.420. The van der Waals surface area contributed by atoms with Crippen LogP contribution in [-0.4, -0.2) is 0 Å². The average molecular weight is 392 g/mol. The molecular formula is C24H19ClFNO. The third-order valence-corrected chi connectivity index (χ3v) is 4.98. The van der Waals surface area contributed by atoms with Crippen LogP contribution in [0, 0.1) is 5.82 Å². The maximum Gasteiger partial charge on any atom is 0.124 e. The van der Waals surface area contributed by atoms with Crippen molar-refractivity contribution in [2.75, 3.05) is 5.32 Å². The number of ether oxygens (including phenoxy) is 1. The Labute approximate surface area is 168 Å². The Kier molecular flexibility index (Phi) is 5.45. The molecule has 0 amide bonds. The number of benzene rings is 4. The molecule has 4 aromatic carbocycles. The van der Waals surface area contributed by atoms with E-state index < -0.39 is 0 Å². The van der Waals surface area contributed by atoms with Gasteiger partial charge < -0.3 is 10.1 Å². The molecule has 0 aliphatic carbocycles. The molecule has 0 aromatic heterocycles. The van der Waals surface area contributed by atoms with Crippen LogP contribution in [0.4, 0.5) is 10.1 Å². The number of nitrogens with one attached hydrogen (secondary N) is 1. The molecule has 0 heterocycles. The lowest BCUT2D eigenvalue weighted by Gasteiger charge is -2.14. The fourth-order valence-electron chi connectivity index (χ4n) is 3.15. The first-order valence-electron chi connectivity index (χ1n) is 9.07. The first kappa shape index (κ1) is 18.3. The van der Waals surface area contributed by atoms with Crippen LogP contribution < -0.4 is 10.1 Å². The summed E-state index contributed by atoms with van der Waals surface area (Å²) >= 11 is 6.10. The lowest BCUT2D eigenvalue weighted by atomic mass is 10.1. The van der Waals surface area contributed by atoms with E-state index in [4.69, 9.17) is 16.3 Å². The van der Waals surface area contributed by atoms with Crippen LogP contribution in [-0.2, 0) is 13.2 Å². The maximum atomic E-state index is 13.2. The van der Waals surface area contributed by atoms with Gasteiger partial charge in [-0.2, -0.15) is 0 Å². The van der Waals surface area contributed by atoms with Crippen molar-refractivity contribution in [3.05, 3.63) is 107 Å². The highest BCUT2D eigenvalue weighted by atomic mass is 35.5. The Morgan fingerprint density at radius 3 is 2.50 bits per heavy atom. The molecule has 4 rings (SSSR count). The number of fused-ring (bicyclic) bond motifs is 1. The number of rotatable bonds is 6. The highest BCUT2D eigenvalue weighted by molar-refractivity contribution is 6.31. The molecule has 0 saturated heterocycles. The molecule has 2 nitrogen and oxygen atoms in total. The standard InChI is InChI=1S/C24H19ClFNO/c25-22-14-20(26)13-12-19(22)16-28-24-11-4-2-7-18(24)15-27-23-10-5-8-17-6-1-3-9-21(17)23/h1-14,27H,15-16H2. The first-order valence-corrected chi connectivity index (χ1v) is 9.45. The summed E-state index contributed by atoms with van der Waals surface area (Å²) in [6.45, 7) is 0.908. The fraction of sp³-hybridized carbons (Fsp3) is 0.0833. The molecule has 0 aliphatic rings. The van der Waals surface area contributed by atoms with E-state index in [1.54, 1.807) is 6.07 Å². The van der Waals surface area contributed by atoms with Crippen LogP contribution in [0.5, 0.6) is 5.75 Å². The Bertz CT molecular complexity index is 1110. The minimum atomic E-state index is -0.353. The van der Waals surface area contributed by atoms with E-state index in [0.717, 1.165) is 22.6 Å². The third kappa shape index (κ3) is 4.10. The molecule has 140 valence electrons. The summed E-state index contributed by atoms with van der Waals surface area (Å²) in [6.07, 6.45) is 0. The van der Waals surface area contributed by atoms with Gasteiger partial charge in [0.05, 0.1) is 5.02 Å². The smallest absolute Gasteiger partial charge is 0.124 e. The monoisotopic (exact) mass is 391 g/mol. The van der Waals surface area contributed by atoms with Gasteiger partial charge in [-0.05, 0) is 29.7 Å². The molecule has 28 heavy (non-hydrogen) atoms. The molecule has 0 bridgehead atoms. The van der Waals surface area contributed by atoms with Crippen molar-refractivity contribution in [1.82, 2.24) is 0 Å². The topological polar surface area (TPSA) is 21.3 Å². The molecule has 0 aliphatic heterocycles. The number of hydrogen-bond donors (Lipinski definition) is 1. The number of hydrogen-bond acceptors (Lipinski definition) is 2. The van der Waals surface area contributed by atoms with Crippen LogP contribution >= 0.6 is 11.6 Å². The van der Waals surface area contributed by atoms with Crippen molar-refractivity contribution in [3.8, 4) is 5.75 Å². The zero-order valence-corrected chi connectivity index (χ0v) is 15.9. The molecule has 1 N–H and O–H groups in total. The van der Waals surface area contributed by atoms with Gasteiger partial charge in [0.2, 0.25) is 0 Å². The SMILES string of the molecule is Fc1ccc(COc2ccccc2CNc2cccc3ccccc23)c(Cl)c1. The largest absolute Gasteiger partial charge is 0.488 e. The van der Waals surface area contributed by atoms with Crippen molar-refractivity contribution in [3.63, 3.8) is 0 Å². The number of halogens is 2. The summed E-state index contributed by atoms with van der Waals surface area (Å²) in [7, 11) is 0. The zero-order chi connectivity index (χ0) is 19.3. The lowest BCUT2D eigenvalue weighted by Crippen LogP contribution is -2.04. The van der Waals surface area contributed by atoms with Crippen LogP contribution in [0.2, 0.25) is 5.02 Å². The molecule has 0 spiro atoms. The third-order valence-electron chi connectivity index (χ3n) is 4.63. The molecular weight excluding hydrogens is 373 g/mol. The van der Waals surface area contributed by atoms with E-state index >= 15 is 0 Å². The summed E-state index contributed by atoms with van der Waals surface area (Å²) in [4.78, 5) is 0. The lowest BCUT2D eigenvalue weighted by molar-refractivity contribution is 0.303. The summed E-state index contributed by atoms with van der Waals surface area (Å²) in [6, 6.07) is 26.7. The zero-order valence-electron chi connectivity index (χ0n) is 15.2. The molecule has 0 fully saturated rings. The van der Waals surface area contributed by atoms with Gasteiger partial charge in [0.15, 0.2) is 0 Å². The van der Waals surface area contributed by atoms with Gasteiger partial charge in [0, 0.05) is 28.7 Å². The molecule has 0 unspecified atom stereocenters. The van der Waals surface area contributed by atoms with Gasteiger partial charge in [-0.25, -0.2) is 4.39 Å². The number of para-hydroxylation sites is 1. The van der Waals surface area contributed by atoms with E-state index in [1.165, 1.54) is 22.9 Å². The number of anilines is 1. The van der Waals surface area contributed by atoms with Gasteiger partial charge in [-0.15, -0.1) is 0 Å². The normalized spacial score (nSPS) is 10.8. The van der Waals surface area contributed by atoms with Crippen molar-refractivity contribution < 1.29 is 9.13 Å². The Hall–Kier alpha value is -3.04. The molecule has 0 atom stereocenters. The van der Waals surface area contributed by atoms with Gasteiger partial charge in [0.1, 0.15) is 18.2 Å². The van der Waals surface area contributed by atoms with Gasteiger partial charge in [-0.1, -0.05) is 72.3 Å². The quantitative estimate of drug-likeness (QED) is 0.389. The summed E-state index contributed by atoms with van der Waals surface area (Å²) < 4.78 is 19.2. The van der Waals surface area contributed by atoms with Crippen molar-refractivity contribution in [2.24, 2.45) is 0 Å². The van der Waals surface area contributed by atoms with Crippen LogP contribution in [0.15, 0.2) is 84.9 Å². The van der Waals surface area contributed by atoms with E-state index in [-0.39, 0.29) is 12.4 Å². The van der Waals surface area contributed by atoms with E-state index in [1.807, 2.05) is 42.5 Å². The second-order valence-electron chi connectivity index (χ2n) is 6.51.